The number of fused-ring (bicyclic) bond motifs is 1. The molecule has 2 heterocycles. The van der Waals surface area contributed by atoms with Crippen molar-refractivity contribution in [2.24, 2.45) is 5.92 Å². The third-order valence-electron chi connectivity index (χ3n) is 3.83. The first-order valence-electron chi connectivity index (χ1n) is 8.83. The number of nitrogens with one attached hydrogen (secondary N) is 1. The van der Waals surface area contributed by atoms with Gasteiger partial charge in [-0.1, -0.05) is 26.0 Å². The van der Waals surface area contributed by atoms with Crippen molar-refractivity contribution in [3.63, 3.8) is 0 Å². The second-order valence-corrected chi connectivity index (χ2v) is 6.49. The zero-order valence-electron chi connectivity index (χ0n) is 15.7. The summed E-state index contributed by atoms with van der Waals surface area (Å²) in [4.78, 5) is 11.6. The monoisotopic (exact) mass is 369 g/mol. The number of benzene rings is 1. The molecule has 27 heavy (non-hydrogen) atoms. The van der Waals surface area contributed by atoms with Crippen molar-refractivity contribution >= 4 is 11.6 Å². The summed E-state index contributed by atoms with van der Waals surface area (Å²) in [5, 5.41) is 15.6. The Morgan fingerprint density at radius 2 is 2.07 bits per heavy atom. The molecule has 8 heteroatoms. The van der Waals surface area contributed by atoms with Crippen molar-refractivity contribution in [1.82, 2.24) is 25.1 Å². The summed E-state index contributed by atoms with van der Waals surface area (Å²) in [6, 6.07) is 11.1. The van der Waals surface area contributed by atoms with Crippen LogP contribution in [0.4, 0.5) is 0 Å². The second-order valence-electron chi connectivity index (χ2n) is 6.49. The minimum Gasteiger partial charge on any atom is -0.497 e. The molecule has 2 aromatic heterocycles. The van der Waals surface area contributed by atoms with Gasteiger partial charge in [-0.15, -0.1) is 15.3 Å². The molecule has 8 nitrogen and oxygen atoms in total. The number of amides is 1. The van der Waals surface area contributed by atoms with E-state index in [1.165, 1.54) is 0 Å². The number of hydrogen-bond donors (Lipinski definition) is 1. The van der Waals surface area contributed by atoms with Crippen LogP contribution in [0.3, 0.4) is 0 Å². The molecule has 0 saturated carbocycles. The van der Waals surface area contributed by atoms with E-state index in [1.807, 2.05) is 38.1 Å². The minimum atomic E-state index is 0.0242. The van der Waals surface area contributed by atoms with Gasteiger partial charge in [0.2, 0.25) is 11.8 Å². The maximum absolute atomic E-state index is 11.6. The van der Waals surface area contributed by atoms with Crippen LogP contribution in [0.25, 0.3) is 17.0 Å². The molecule has 0 spiro atoms. The summed E-state index contributed by atoms with van der Waals surface area (Å²) in [6.45, 7) is 4.78. The van der Waals surface area contributed by atoms with Crippen molar-refractivity contribution < 1.29 is 14.3 Å². The van der Waals surface area contributed by atoms with Gasteiger partial charge in [0.25, 0.3) is 0 Å². The first-order valence-corrected chi connectivity index (χ1v) is 8.83. The minimum absolute atomic E-state index is 0.0242. The quantitative estimate of drug-likeness (QED) is 0.613. The predicted octanol–water partition coefficient (Wildman–Crippen LogP) is 2.34. The molecule has 142 valence electrons. The summed E-state index contributed by atoms with van der Waals surface area (Å²) >= 11 is 0. The number of carbonyl (C=O) groups excluding carboxylic acids is 1. The molecule has 0 unspecified atom stereocenters. The molecule has 1 amide bonds. The highest BCUT2D eigenvalue weighted by atomic mass is 16.5. The zero-order valence-corrected chi connectivity index (χ0v) is 15.7. The summed E-state index contributed by atoms with van der Waals surface area (Å²) in [5.41, 5.74) is 1.46. The van der Waals surface area contributed by atoms with E-state index in [1.54, 1.807) is 23.8 Å². The molecule has 3 aromatic rings. The van der Waals surface area contributed by atoms with Gasteiger partial charge in [0.05, 0.1) is 13.7 Å². The van der Waals surface area contributed by atoms with Gasteiger partial charge in [0, 0.05) is 18.1 Å². The Kier molecular flexibility index (Phi) is 5.85. The topological polar surface area (TPSA) is 90.6 Å². The molecule has 0 fully saturated rings. The van der Waals surface area contributed by atoms with Crippen molar-refractivity contribution in [3.05, 3.63) is 36.4 Å². The molecular weight excluding hydrogens is 346 g/mol. The molecular formula is C19H23N5O3. The fraction of sp³-hybridized carbons (Fsp3) is 0.368. The number of carbonyl (C=O) groups is 1. The Balaban J connectivity index is 1.69. The first kappa shape index (κ1) is 18.6. The van der Waals surface area contributed by atoms with Gasteiger partial charge in [-0.05, 0) is 24.1 Å². The van der Waals surface area contributed by atoms with Crippen molar-refractivity contribution in [3.8, 4) is 23.0 Å². The van der Waals surface area contributed by atoms with Gasteiger partial charge in [-0.25, -0.2) is 0 Å². The van der Waals surface area contributed by atoms with Crippen LogP contribution in [-0.2, 0) is 4.79 Å². The zero-order chi connectivity index (χ0) is 19.2. The van der Waals surface area contributed by atoms with Crippen LogP contribution < -0.4 is 14.8 Å². The Hall–Kier alpha value is -3.16. The Bertz CT molecular complexity index is 923. The van der Waals surface area contributed by atoms with E-state index in [9.17, 15) is 4.79 Å². The Morgan fingerprint density at radius 1 is 1.22 bits per heavy atom. The highest BCUT2D eigenvalue weighted by Gasteiger charge is 2.11. The van der Waals surface area contributed by atoms with E-state index in [-0.39, 0.29) is 5.91 Å². The third kappa shape index (κ3) is 4.72. The van der Waals surface area contributed by atoms with E-state index in [2.05, 4.69) is 20.6 Å². The molecule has 0 aliphatic rings. The number of nitrogens with zero attached hydrogens (tertiary/aromatic N) is 4. The van der Waals surface area contributed by atoms with Crippen molar-refractivity contribution in [2.45, 2.75) is 20.3 Å². The predicted molar refractivity (Wildman–Crippen MR) is 101 cm³/mol. The lowest BCUT2D eigenvalue weighted by Crippen LogP contribution is -2.29. The average molecular weight is 369 g/mol. The van der Waals surface area contributed by atoms with E-state index < -0.39 is 0 Å². The van der Waals surface area contributed by atoms with Gasteiger partial charge in [0.15, 0.2) is 11.5 Å². The van der Waals surface area contributed by atoms with Gasteiger partial charge < -0.3 is 14.8 Å². The normalized spacial score (nSPS) is 11.0. The largest absolute Gasteiger partial charge is 0.497 e. The lowest BCUT2D eigenvalue weighted by molar-refractivity contribution is -0.121. The maximum Gasteiger partial charge on any atom is 0.231 e. The Labute approximate surface area is 157 Å². The van der Waals surface area contributed by atoms with E-state index in [4.69, 9.17) is 9.47 Å². The summed E-state index contributed by atoms with van der Waals surface area (Å²) in [7, 11) is 1.62. The SMILES string of the molecule is COc1cccc(-c2nnc3ccc(OCCNC(=O)CC(C)C)nn23)c1. The van der Waals surface area contributed by atoms with Crippen LogP contribution in [0.5, 0.6) is 11.6 Å². The first-order chi connectivity index (χ1) is 13.1. The summed E-state index contributed by atoms with van der Waals surface area (Å²) in [6.07, 6.45) is 0.509. The number of aromatic nitrogens is 4. The van der Waals surface area contributed by atoms with Crippen LogP contribution in [0, 0.1) is 5.92 Å². The van der Waals surface area contributed by atoms with Crippen molar-refractivity contribution in [1.29, 1.82) is 0 Å². The van der Waals surface area contributed by atoms with E-state index in [0.717, 1.165) is 11.3 Å². The lowest BCUT2D eigenvalue weighted by Gasteiger charge is -2.09. The smallest absolute Gasteiger partial charge is 0.231 e. The van der Waals surface area contributed by atoms with Crippen LogP contribution in [0.15, 0.2) is 36.4 Å². The molecule has 1 N–H and O–H groups in total. The average Bonchev–Trinajstić information content (AvgIpc) is 3.08. The van der Waals surface area contributed by atoms with Crippen molar-refractivity contribution in [2.75, 3.05) is 20.3 Å². The fourth-order valence-corrected chi connectivity index (χ4v) is 2.58. The lowest BCUT2D eigenvalue weighted by atomic mass is 10.1. The molecule has 0 aliphatic heterocycles. The second kappa shape index (κ2) is 8.48. The highest BCUT2D eigenvalue weighted by molar-refractivity contribution is 5.76. The molecule has 0 atom stereocenters. The third-order valence-corrected chi connectivity index (χ3v) is 3.83. The maximum atomic E-state index is 11.6. The van der Waals surface area contributed by atoms with Crippen LogP contribution in [0.1, 0.15) is 20.3 Å². The van der Waals surface area contributed by atoms with Gasteiger partial charge in [-0.3, -0.25) is 4.79 Å². The standard InChI is InChI=1S/C19H23N5O3/c1-13(2)11-17(25)20-9-10-27-18-8-7-16-21-22-19(24(16)23-18)14-5-4-6-15(12-14)26-3/h4-8,12-13H,9-11H2,1-3H3,(H,20,25). The van der Waals surface area contributed by atoms with Gasteiger partial charge in [0.1, 0.15) is 12.4 Å². The van der Waals surface area contributed by atoms with Gasteiger partial charge >= 0.3 is 0 Å². The number of ether oxygens (including phenoxy) is 2. The molecule has 1 aromatic carbocycles. The molecule has 0 bridgehead atoms. The van der Waals surface area contributed by atoms with Crippen LogP contribution >= 0.6 is 0 Å². The Morgan fingerprint density at radius 3 is 2.85 bits per heavy atom. The van der Waals surface area contributed by atoms with E-state index >= 15 is 0 Å². The highest BCUT2D eigenvalue weighted by Crippen LogP contribution is 2.23. The summed E-state index contributed by atoms with van der Waals surface area (Å²) in [5.74, 6) is 2.12. The summed E-state index contributed by atoms with van der Waals surface area (Å²) < 4.78 is 12.5. The molecule has 3 rings (SSSR count). The van der Waals surface area contributed by atoms with Crippen LogP contribution in [0.2, 0.25) is 0 Å². The van der Waals surface area contributed by atoms with Crippen LogP contribution in [-0.4, -0.2) is 46.0 Å². The molecule has 0 saturated heterocycles. The molecule has 0 radical (unpaired) electrons. The van der Waals surface area contributed by atoms with Gasteiger partial charge in [-0.2, -0.15) is 4.52 Å². The number of hydrogen-bond acceptors (Lipinski definition) is 6. The number of methoxy groups -OCH3 is 1. The molecule has 0 aliphatic carbocycles. The number of rotatable bonds is 8. The van der Waals surface area contributed by atoms with E-state index in [0.29, 0.717) is 42.8 Å². The fourth-order valence-electron chi connectivity index (χ4n) is 2.58.